The molecule has 1 saturated carbocycles. The molecule has 0 bridgehead atoms. The number of hydrogen-bond acceptors (Lipinski definition) is 4. The van der Waals surface area contributed by atoms with Crippen molar-refractivity contribution in [2.45, 2.75) is 37.3 Å². The monoisotopic (exact) mass is 379 g/mol. The summed E-state index contributed by atoms with van der Waals surface area (Å²) in [4.78, 5) is 11.3. The van der Waals surface area contributed by atoms with Crippen LogP contribution in [0.3, 0.4) is 0 Å². The molecule has 0 N–H and O–H groups in total. The largest absolute Gasteiger partial charge is 0.466 e. The molecule has 1 aliphatic rings. The number of carbonyl (C=O) groups excluding carboxylic acids is 1. The van der Waals surface area contributed by atoms with E-state index in [-0.39, 0.29) is 36.9 Å². The van der Waals surface area contributed by atoms with Gasteiger partial charge in [0, 0.05) is 13.1 Å². The predicted molar refractivity (Wildman–Crippen MR) is 84.2 cm³/mol. The van der Waals surface area contributed by atoms with Crippen LogP contribution in [0, 0.1) is 5.92 Å². The number of halogens is 3. The lowest BCUT2D eigenvalue weighted by Crippen LogP contribution is -2.35. The molecule has 9 heteroatoms. The molecule has 0 aromatic heterocycles. The van der Waals surface area contributed by atoms with Gasteiger partial charge in [0.25, 0.3) is 0 Å². The summed E-state index contributed by atoms with van der Waals surface area (Å²) >= 11 is 0. The first-order valence-electron chi connectivity index (χ1n) is 7.97. The highest BCUT2D eigenvalue weighted by molar-refractivity contribution is 7.89. The average molecular weight is 379 g/mol. The van der Waals surface area contributed by atoms with Crippen LogP contribution < -0.4 is 0 Å². The van der Waals surface area contributed by atoms with Crippen molar-refractivity contribution in [3.8, 4) is 0 Å². The number of ether oxygens (including phenoxy) is 1. The molecule has 0 heterocycles. The van der Waals surface area contributed by atoms with Gasteiger partial charge in [0.2, 0.25) is 10.0 Å². The molecule has 0 unspecified atom stereocenters. The van der Waals surface area contributed by atoms with Gasteiger partial charge in [0.05, 0.1) is 23.5 Å². The predicted octanol–water partition coefficient (Wildman–Crippen LogP) is 3.06. The van der Waals surface area contributed by atoms with E-state index >= 15 is 0 Å². The van der Waals surface area contributed by atoms with Crippen LogP contribution in [-0.2, 0) is 25.7 Å². The number of sulfonamides is 1. The summed E-state index contributed by atoms with van der Waals surface area (Å²) in [7, 11) is -3.97. The minimum atomic E-state index is -4.53. The smallest absolute Gasteiger partial charge is 0.416 e. The van der Waals surface area contributed by atoms with Gasteiger partial charge in [-0.15, -0.1) is 0 Å². The second-order valence-corrected chi connectivity index (χ2v) is 7.82. The molecule has 0 atom stereocenters. The second kappa shape index (κ2) is 7.74. The summed E-state index contributed by atoms with van der Waals surface area (Å²) in [5.74, 6) is -0.280. The van der Waals surface area contributed by atoms with Gasteiger partial charge in [0.1, 0.15) is 0 Å². The maximum atomic E-state index is 12.7. The Morgan fingerprint density at radius 3 is 2.32 bits per heavy atom. The van der Waals surface area contributed by atoms with Gasteiger partial charge in [-0.25, -0.2) is 8.42 Å². The standard InChI is InChI=1S/C16H20F3NO4S/c1-2-24-15(21)9-10-20(11-12-3-4-12)25(22,23)14-7-5-13(6-8-14)16(17,18)19/h5-8,12H,2-4,9-11H2,1H3. The Balaban J connectivity index is 2.17. The molecule has 140 valence electrons. The summed E-state index contributed by atoms with van der Waals surface area (Å²) in [5, 5.41) is 0. The Hall–Kier alpha value is -1.61. The van der Waals surface area contributed by atoms with Crippen LogP contribution in [-0.4, -0.2) is 38.4 Å². The third kappa shape index (κ3) is 5.43. The van der Waals surface area contributed by atoms with Crippen LogP contribution in [0.5, 0.6) is 0 Å². The van der Waals surface area contributed by atoms with Gasteiger partial charge in [-0.1, -0.05) is 0 Å². The fourth-order valence-corrected chi connectivity index (χ4v) is 3.83. The van der Waals surface area contributed by atoms with Crippen molar-refractivity contribution < 1.29 is 31.1 Å². The van der Waals surface area contributed by atoms with Crippen LogP contribution in [0.4, 0.5) is 13.2 Å². The number of rotatable bonds is 8. The highest BCUT2D eigenvalue weighted by atomic mass is 32.2. The molecule has 0 saturated heterocycles. The van der Waals surface area contributed by atoms with E-state index in [0.717, 1.165) is 41.4 Å². The van der Waals surface area contributed by atoms with E-state index in [2.05, 4.69) is 0 Å². The molecule has 0 spiro atoms. The lowest BCUT2D eigenvalue weighted by Gasteiger charge is -2.22. The van der Waals surface area contributed by atoms with Crippen LogP contribution >= 0.6 is 0 Å². The highest BCUT2D eigenvalue weighted by Crippen LogP contribution is 2.33. The third-order valence-corrected chi connectivity index (χ3v) is 5.73. The zero-order valence-corrected chi connectivity index (χ0v) is 14.6. The number of hydrogen-bond donors (Lipinski definition) is 0. The van der Waals surface area contributed by atoms with E-state index in [9.17, 15) is 26.4 Å². The van der Waals surface area contributed by atoms with E-state index in [0.29, 0.717) is 0 Å². The topological polar surface area (TPSA) is 63.7 Å². The lowest BCUT2D eigenvalue weighted by molar-refractivity contribution is -0.143. The zero-order valence-electron chi connectivity index (χ0n) is 13.8. The van der Waals surface area contributed by atoms with Crippen LogP contribution in [0.1, 0.15) is 31.7 Å². The first-order chi connectivity index (χ1) is 11.6. The number of esters is 1. The minimum Gasteiger partial charge on any atom is -0.466 e. The van der Waals surface area contributed by atoms with Gasteiger partial charge in [-0.3, -0.25) is 4.79 Å². The van der Waals surface area contributed by atoms with Crippen molar-refractivity contribution in [2.24, 2.45) is 5.92 Å². The van der Waals surface area contributed by atoms with E-state index in [1.165, 1.54) is 0 Å². The normalized spacial score (nSPS) is 15.4. The first-order valence-corrected chi connectivity index (χ1v) is 9.41. The highest BCUT2D eigenvalue weighted by Gasteiger charge is 2.34. The Morgan fingerprint density at radius 2 is 1.84 bits per heavy atom. The minimum absolute atomic E-state index is 0.0569. The van der Waals surface area contributed by atoms with E-state index in [4.69, 9.17) is 4.74 Å². The molecular formula is C16H20F3NO4S. The van der Waals surface area contributed by atoms with Gasteiger partial charge < -0.3 is 4.74 Å². The third-order valence-electron chi connectivity index (χ3n) is 3.85. The molecule has 0 amide bonds. The summed E-state index contributed by atoms with van der Waals surface area (Å²) in [6, 6.07) is 3.38. The number of benzene rings is 1. The van der Waals surface area contributed by atoms with E-state index in [1.54, 1.807) is 6.92 Å². The Bertz CT molecular complexity index is 697. The molecule has 1 fully saturated rings. The number of carbonyl (C=O) groups is 1. The van der Waals surface area contributed by atoms with Crippen molar-refractivity contribution in [1.82, 2.24) is 4.31 Å². The molecule has 25 heavy (non-hydrogen) atoms. The van der Waals surface area contributed by atoms with Crippen LogP contribution in [0.25, 0.3) is 0 Å². The molecule has 1 aromatic rings. The maximum absolute atomic E-state index is 12.7. The zero-order chi connectivity index (χ0) is 18.7. The van der Waals surface area contributed by atoms with Crippen molar-refractivity contribution >= 4 is 16.0 Å². The maximum Gasteiger partial charge on any atom is 0.416 e. The Morgan fingerprint density at radius 1 is 1.24 bits per heavy atom. The van der Waals surface area contributed by atoms with Crippen molar-refractivity contribution in [2.75, 3.05) is 19.7 Å². The number of alkyl halides is 3. The molecule has 0 radical (unpaired) electrons. The Kier molecular flexibility index (Phi) is 6.10. The summed E-state index contributed by atoms with van der Waals surface area (Å²) in [6.07, 6.45) is -2.82. The second-order valence-electron chi connectivity index (χ2n) is 5.88. The SMILES string of the molecule is CCOC(=O)CCN(CC1CC1)S(=O)(=O)c1ccc(C(F)(F)F)cc1. The molecule has 0 aliphatic heterocycles. The Labute approximate surface area is 144 Å². The van der Waals surface area contributed by atoms with Crippen molar-refractivity contribution in [3.63, 3.8) is 0 Å². The average Bonchev–Trinajstić information content (AvgIpc) is 3.35. The molecule has 2 rings (SSSR count). The fourth-order valence-electron chi connectivity index (χ4n) is 2.31. The molecule has 1 aliphatic carbocycles. The summed E-state index contributed by atoms with van der Waals surface area (Å²) in [5.41, 5.74) is -0.910. The number of nitrogens with zero attached hydrogens (tertiary/aromatic N) is 1. The van der Waals surface area contributed by atoms with Gasteiger partial charge in [0.15, 0.2) is 0 Å². The summed E-state index contributed by atoms with van der Waals surface area (Å²) < 4.78 is 69.3. The van der Waals surface area contributed by atoms with Gasteiger partial charge in [-0.2, -0.15) is 17.5 Å². The fraction of sp³-hybridized carbons (Fsp3) is 0.562. The van der Waals surface area contributed by atoms with Crippen molar-refractivity contribution in [3.05, 3.63) is 29.8 Å². The lowest BCUT2D eigenvalue weighted by atomic mass is 10.2. The van der Waals surface area contributed by atoms with Crippen LogP contribution in [0.15, 0.2) is 29.2 Å². The molecule has 5 nitrogen and oxygen atoms in total. The first kappa shape index (κ1) is 19.7. The van der Waals surface area contributed by atoms with E-state index in [1.807, 2.05) is 0 Å². The quantitative estimate of drug-likeness (QED) is 0.652. The van der Waals surface area contributed by atoms with E-state index < -0.39 is 27.7 Å². The van der Waals surface area contributed by atoms with Crippen molar-refractivity contribution in [1.29, 1.82) is 0 Å². The molecule has 1 aromatic carbocycles. The summed E-state index contributed by atoms with van der Waals surface area (Å²) in [6.45, 7) is 2.05. The van der Waals surface area contributed by atoms with Gasteiger partial charge in [-0.05, 0) is 49.9 Å². The van der Waals surface area contributed by atoms with Gasteiger partial charge >= 0.3 is 12.1 Å². The molecular weight excluding hydrogens is 359 g/mol. The van der Waals surface area contributed by atoms with Crippen LogP contribution in [0.2, 0.25) is 0 Å².